The van der Waals surface area contributed by atoms with Gasteiger partial charge in [-0.1, -0.05) is 53.7 Å². The first-order chi connectivity index (χ1) is 6.40. The predicted molar refractivity (Wildman–Crippen MR) is 69.8 cm³/mol. The van der Waals surface area contributed by atoms with E-state index < -0.39 is 0 Å². The van der Waals surface area contributed by atoms with Crippen LogP contribution in [0.15, 0.2) is 12.2 Å². The van der Waals surface area contributed by atoms with Crippen molar-refractivity contribution in [3.05, 3.63) is 12.2 Å². The molecular formula is C14H29N. The van der Waals surface area contributed by atoms with Crippen molar-refractivity contribution in [2.24, 2.45) is 22.5 Å². The summed E-state index contributed by atoms with van der Waals surface area (Å²) in [6.07, 6.45) is 4.58. The molecule has 0 bridgehead atoms. The fraction of sp³-hybridized carbons (Fsp3) is 0.857. The zero-order chi connectivity index (χ0) is 12.5. The molecule has 0 aromatic carbocycles. The number of rotatable bonds is 4. The lowest BCUT2D eigenvalue weighted by atomic mass is 9.72. The zero-order valence-corrected chi connectivity index (χ0v) is 11.8. The van der Waals surface area contributed by atoms with Crippen molar-refractivity contribution >= 4 is 0 Å². The highest BCUT2D eigenvalue weighted by molar-refractivity contribution is 5.09. The van der Waals surface area contributed by atoms with Crippen LogP contribution in [0.2, 0.25) is 0 Å². The third kappa shape index (κ3) is 3.98. The second-order valence-corrected chi connectivity index (χ2v) is 6.75. The van der Waals surface area contributed by atoms with E-state index >= 15 is 0 Å². The van der Waals surface area contributed by atoms with Crippen LogP contribution in [0.4, 0.5) is 0 Å². The van der Waals surface area contributed by atoms with E-state index in [2.05, 4.69) is 67.5 Å². The van der Waals surface area contributed by atoms with Crippen LogP contribution >= 0.6 is 0 Å². The molecule has 1 heteroatoms. The van der Waals surface area contributed by atoms with Crippen molar-refractivity contribution in [2.75, 3.05) is 0 Å². The molecular weight excluding hydrogens is 182 g/mol. The monoisotopic (exact) mass is 211 g/mol. The Morgan fingerprint density at radius 1 is 0.867 bits per heavy atom. The van der Waals surface area contributed by atoms with Gasteiger partial charge >= 0.3 is 0 Å². The van der Waals surface area contributed by atoms with Gasteiger partial charge in [-0.2, -0.15) is 0 Å². The summed E-state index contributed by atoms with van der Waals surface area (Å²) in [6.45, 7) is 17.6. The maximum Gasteiger partial charge on any atom is 0.0183 e. The van der Waals surface area contributed by atoms with Gasteiger partial charge in [0.2, 0.25) is 0 Å². The summed E-state index contributed by atoms with van der Waals surface area (Å²) in [7, 11) is 0. The molecule has 0 aliphatic carbocycles. The van der Waals surface area contributed by atoms with Gasteiger partial charge in [0.05, 0.1) is 0 Å². The van der Waals surface area contributed by atoms with Crippen molar-refractivity contribution in [3.63, 3.8) is 0 Å². The first kappa shape index (κ1) is 14.7. The van der Waals surface area contributed by atoms with Gasteiger partial charge in [-0.3, -0.25) is 0 Å². The van der Waals surface area contributed by atoms with Crippen molar-refractivity contribution in [2.45, 2.75) is 60.9 Å². The molecule has 0 aromatic rings. The van der Waals surface area contributed by atoms with Crippen molar-refractivity contribution < 1.29 is 0 Å². The Hall–Kier alpha value is -0.300. The summed E-state index contributed by atoms with van der Waals surface area (Å²) >= 11 is 0. The molecule has 0 rings (SSSR count). The number of nitrogens with two attached hydrogens (primary N) is 1. The first-order valence-corrected chi connectivity index (χ1v) is 5.89. The highest BCUT2D eigenvalue weighted by atomic mass is 14.7. The number of allylic oxidation sites excluding steroid dienone is 1. The molecule has 90 valence electrons. The number of hydrogen-bond acceptors (Lipinski definition) is 1. The quantitative estimate of drug-likeness (QED) is 0.699. The molecule has 1 nitrogen and oxygen atoms in total. The topological polar surface area (TPSA) is 26.0 Å². The van der Waals surface area contributed by atoms with Crippen LogP contribution in [0.1, 0.15) is 55.4 Å². The average molecular weight is 211 g/mol. The van der Waals surface area contributed by atoms with Crippen LogP contribution in [0.5, 0.6) is 0 Å². The predicted octanol–water partition coefficient (Wildman–Crippen LogP) is 3.99. The smallest absolute Gasteiger partial charge is 0.0183 e. The Bertz CT molecular complexity index is 226. The van der Waals surface area contributed by atoms with Crippen LogP contribution in [0.25, 0.3) is 0 Å². The van der Waals surface area contributed by atoms with Gasteiger partial charge in [-0.05, 0) is 25.2 Å². The Labute approximate surface area is 96.1 Å². The van der Waals surface area contributed by atoms with Gasteiger partial charge in [-0.15, -0.1) is 0 Å². The van der Waals surface area contributed by atoms with E-state index in [1.807, 2.05) is 0 Å². The lowest BCUT2D eigenvalue weighted by Crippen LogP contribution is -2.46. The molecule has 0 saturated carbocycles. The van der Waals surface area contributed by atoms with Crippen LogP contribution in [0.3, 0.4) is 0 Å². The van der Waals surface area contributed by atoms with Crippen LogP contribution in [-0.4, -0.2) is 5.54 Å². The van der Waals surface area contributed by atoms with Crippen molar-refractivity contribution in [1.82, 2.24) is 0 Å². The number of hydrogen-bond donors (Lipinski definition) is 1. The fourth-order valence-electron chi connectivity index (χ4n) is 0.830. The van der Waals surface area contributed by atoms with Gasteiger partial charge in [0.25, 0.3) is 0 Å². The van der Waals surface area contributed by atoms with Gasteiger partial charge in [0, 0.05) is 11.0 Å². The molecule has 0 saturated heterocycles. The first-order valence-electron chi connectivity index (χ1n) is 5.89. The minimum Gasteiger partial charge on any atom is -0.325 e. The van der Waals surface area contributed by atoms with E-state index in [1.165, 1.54) is 0 Å². The minimum atomic E-state index is -0.184. The molecule has 2 N–H and O–H groups in total. The normalized spacial score (nSPS) is 15.3. The standard InChI is InChI=1S/C14H29N/c1-11(2)12(3,4)9-10-13(5,6)14(7,8)15/h9-11H,15H2,1-8H3/b10-9+. The summed E-state index contributed by atoms with van der Waals surface area (Å²) in [5.41, 5.74) is 6.25. The molecule has 0 spiro atoms. The molecule has 0 radical (unpaired) electrons. The Balaban J connectivity index is 4.81. The van der Waals surface area contributed by atoms with E-state index in [0.29, 0.717) is 5.92 Å². The molecule has 0 unspecified atom stereocenters. The SMILES string of the molecule is CC(C)C(C)(C)/C=C/C(C)(C)C(C)(C)N. The molecule has 0 aromatic heterocycles. The van der Waals surface area contributed by atoms with Crippen molar-refractivity contribution in [1.29, 1.82) is 0 Å². The van der Waals surface area contributed by atoms with E-state index in [0.717, 1.165) is 0 Å². The van der Waals surface area contributed by atoms with E-state index in [9.17, 15) is 0 Å². The molecule has 0 amide bonds. The third-order valence-corrected chi connectivity index (χ3v) is 4.08. The summed E-state index contributed by atoms with van der Waals surface area (Å²) in [5.74, 6) is 0.644. The van der Waals surface area contributed by atoms with Crippen LogP contribution < -0.4 is 5.73 Å². The lowest BCUT2D eigenvalue weighted by Gasteiger charge is -2.37. The van der Waals surface area contributed by atoms with Gasteiger partial charge in [0.15, 0.2) is 0 Å². The van der Waals surface area contributed by atoms with E-state index in [1.54, 1.807) is 0 Å². The molecule has 0 atom stereocenters. The largest absolute Gasteiger partial charge is 0.325 e. The summed E-state index contributed by atoms with van der Waals surface area (Å²) in [5, 5.41) is 0. The lowest BCUT2D eigenvalue weighted by molar-refractivity contribution is 0.263. The Kier molecular flexibility index (Phi) is 4.20. The zero-order valence-electron chi connectivity index (χ0n) is 11.8. The Morgan fingerprint density at radius 2 is 1.27 bits per heavy atom. The Morgan fingerprint density at radius 3 is 1.53 bits per heavy atom. The minimum absolute atomic E-state index is 0.0269. The second kappa shape index (κ2) is 4.29. The van der Waals surface area contributed by atoms with Crippen molar-refractivity contribution in [3.8, 4) is 0 Å². The summed E-state index contributed by atoms with van der Waals surface area (Å²) in [6, 6.07) is 0. The maximum atomic E-state index is 6.17. The highest BCUT2D eigenvalue weighted by Crippen LogP contribution is 2.34. The molecule has 0 aliphatic rings. The summed E-state index contributed by atoms with van der Waals surface area (Å²) in [4.78, 5) is 0. The van der Waals surface area contributed by atoms with Gasteiger partial charge in [0.1, 0.15) is 0 Å². The second-order valence-electron chi connectivity index (χ2n) is 6.75. The van der Waals surface area contributed by atoms with Crippen LogP contribution in [0, 0.1) is 16.7 Å². The van der Waals surface area contributed by atoms with Gasteiger partial charge in [-0.25, -0.2) is 0 Å². The average Bonchev–Trinajstić information content (AvgIpc) is 1.99. The fourth-order valence-corrected chi connectivity index (χ4v) is 0.830. The van der Waals surface area contributed by atoms with E-state index in [-0.39, 0.29) is 16.4 Å². The molecule has 0 heterocycles. The van der Waals surface area contributed by atoms with Gasteiger partial charge < -0.3 is 5.73 Å². The van der Waals surface area contributed by atoms with Crippen LogP contribution in [-0.2, 0) is 0 Å². The summed E-state index contributed by atoms with van der Waals surface area (Å²) < 4.78 is 0. The molecule has 15 heavy (non-hydrogen) atoms. The maximum absolute atomic E-state index is 6.17. The highest BCUT2D eigenvalue weighted by Gasteiger charge is 2.31. The van der Waals surface area contributed by atoms with E-state index in [4.69, 9.17) is 5.73 Å². The molecule has 0 aliphatic heterocycles. The third-order valence-electron chi connectivity index (χ3n) is 4.08. The molecule has 0 fully saturated rings.